The fourth-order valence-electron chi connectivity index (χ4n) is 6.29. The van der Waals surface area contributed by atoms with Crippen molar-refractivity contribution in [2.45, 2.75) is 56.9 Å². The Labute approximate surface area is 210 Å². The molecule has 3 aliphatic rings. The Morgan fingerprint density at radius 3 is 1.71 bits per heavy atom. The minimum Gasteiger partial charge on any atom is -0.342 e. The Morgan fingerprint density at radius 1 is 0.629 bits per heavy atom. The number of piperidine rings is 3. The molecule has 3 heterocycles. The van der Waals surface area contributed by atoms with Crippen molar-refractivity contribution in [2.24, 2.45) is 5.92 Å². The van der Waals surface area contributed by atoms with Gasteiger partial charge in [0.1, 0.15) is 0 Å². The van der Waals surface area contributed by atoms with Crippen LogP contribution in [0.1, 0.15) is 62.0 Å². The topological polar surface area (TPSA) is 43.9 Å². The molecule has 0 saturated carbocycles. The molecule has 0 aromatic heterocycles. The van der Waals surface area contributed by atoms with Crippen LogP contribution in [0.2, 0.25) is 0 Å². The van der Waals surface area contributed by atoms with E-state index in [4.69, 9.17) is 0 Å². The van der Waals surface area contributed by atoms with Gasteiger partial charge in [-0.25, -0.2) is 0 Å². The molecular formula is C30H39N3O2. The number of amides is 2. The third-order valence-corrected chi connectivity index (χ3v) is 8.35. The average Bonchev–Trinajstić information content (AvgIpc) is 2.94. The van der Waals surface area contributed by atoms with Crippen molar-refractivity contribution in [1.82, 2.24) is 14.7 Å². The van der Waals surface area contributed by atoms with Crippen LogP contribution in [0.3, 0.4) is 0 Å². The quantitative estimate of drug-likeness (QED) is 0.641. The highest BCUT2D eigenvalue weighted by Crippen LogP contribution is 2.30. The summed E-state index contributed by atoms with van der Waals surface area (Å²) in [6, 6.07) is 20.9. The van der Waals surface area contributed by atoms with E-state index in [0.29, 0.717) is 11.9 Å². The standard InChI is InChI=1S/C30H39N3O2/c34-29(32-18-8-3-9-19-32)26-14-20-31(21-15-26)27-16-22-33(23-17-27)30(35)28(24-10-4-1-5-11-24)25-12-6-2-7-13-25/h1-2,4-7,10-13,26-28H,3,8-9,14-23H2. The first-order chi connectivity index (χ1) is 17.2. The zero-order valence-electron chi connectivity index (χ0n) is 20.9. The van der Waals surface area contributed by atoms with Crippen molar-refractivity contribution < 1.29 is 9.59 Å². The second-order valence-electron chi connectivity index (χ2n) is 10.5. The third kappa shape index (κ3) is 5.61. The first-order valence-electron chi connectivity index (χ1n) is 13.6. The van der Waals surface area contributed by atoms with Gasteiger partial charge in [-0.2, -0.15) is 0 Å². The molecule has 0 bridgehead atoms. The van der Waals surface area contributed by atoms with E-state index in [1.165, 1.54) is 6.42 Å². The van der Waals surface area contributed by atoms with Gasteiger partial charge < -0.3 is 14.7 Å². The number of hydrogen-bond acceptors (Lipinski definition) is 3. The minimum atomic E-state index is -0.245. The van der Waals surface area contributed by atoms with E-state index in [2.05, 4.69) is 39.0 Å². The largest absolute Gasteiger partial charge is 0.342 e. The van der Waals surface area contributed by atoms with Gasteiger partial charge in [-0.05, 0) is 69.2 Å². The van der Waals surface area contributed by atoms with E-state index in [9.17, 15) is 9.59 Å². The second kappa shape index (κ2) is 11.4. The van der Waals surface area contributed by atoms with Gasteiger partial charge >= 0.3 is 0 Å². The molecule has 5 rings (SSSR count). The molecule has 5 nitrogen and oxygen atoms in total. The number of benzene rings is 2. The van der Waals surface area contributed by atoms with Crippen molar-refractivity contribution in [3.63, 3.8) is 0 Å². The van der Waals surface area contributed by atoms with E-state index < -0.39 is 0 Å². The average molecular weight is 474 g/mol. The zero-order chi connectivity index (χ0) is 24.0. The van der Waals surface area contributed by atoms with Crippen LogP contribution in [0.15, 0.2) is 60.7 Å². The van der Waals surface area contributed by atoms with Crippen molar-refractivity contribution in [1.29, 1.82) is 0 Å². The molecule has 186 valence electrons. The summed E-state index contributed by atoms with van der Waals surface area (Å²) in [6.07, 6.45) is 7.60. The van der Waals surface area contributed by atoms with E-state index in [0.717, 1.165) is 88.9 Å². The number of carbonyl (C=O) groups excluding carboxylic acids is 2. The number of nitrogens with zero attached hydrogens (tertiary/aromatic N) is 3. The summed E-state index contributed by atoms with van der Waals surface area (Å²) in [5, 5.41) is 0. The summed E-state index contributed by atoms with van der Waals surface area (Å²) in [5.41, 5.74) is 2.12. The Balaban J connectivity index is 1.16. The van der Waals surface area contributed by atoms with E-state index in [1.807, 2.05) is 36.4 Å². The predicted molar refractivity (Wildman–Crippen MR) is 139 cm³/mol. The molecular weight excluding hydrogens is 434 g/mol. The monoisotopic (exact) mass is 473 g/mol. The molecule has 35 heavy (non-hydrogen) atoms. The van der Waals surface area contributed by atoms with Crippen LogP contribution in [-0.4, -0.2) is 71.8 Å². The molecule has 3 saturated heterocycles. The van der Waals surface area contributed by atoms with Gasteiger partial charge in [-0.1, -0.05) is 60.7 Å². The highest BCUT2D eigenvalue weighted by atomic mass is 16.2. The van der Waals surface area contributed by atoms with Crippen LogP contribution in [0.4, 0.5) is 0 Å². The maximum absolute atomic E-state index is 13.7. The number of rotatable bonds is 5. The summed E-state index contributed by atoms with van der Waals surface area (Å²) in [5.74, 6) is 0.582. The highest BCUT2D eigenvalue weighted by Gasteiger charge is 2.35. The van der Waals surface area contributed by atoms with E-state index in [1.54, 1.807) is 0 Å². The summed E-state index contributed by atoms with van der Waals surface area (Å²) < 4.78 is 0. The molecule has 0 spiro atoms. The van der Waals surface area contributed by atoms with Crippen molar-refractivity contribution in [2.75, 3.05) is 39.3 Å². The Morgan fingerprint density at radius 2 is 1.17 bits per heavy atom. The first kappa shape index (κ1) is 24.1. The van der Waals surface area contributed by atoms with Crippen LogP contribution in [0, 0.1) is 5.92 Å². The molecule has 5 heteroatoms. The van der Waals surface area contributed by atoms with Crippen LogP contribution >= 0.6 is 0 Å². The lowest BCUT2D eigenvalue weighted by atomic mass is 9.88. The molecule has 2 amide bonds. The summed E-state index contributed by atoms with van der Waals surface area (Å²) >= 11 is 0. The molecule has 0 N–H and O–H groups in total. The number of carbonyl (C=O) groups is 2. The maximum atomic E-state index is 13.7. The molecule has 0 radical (unpaired) electrons. The summed E-state index contributed by atoms with van der Waals surface area (Å²) in [6.45, 7) is 5.56. The third-order valence-electron chi connectivity index (χ3n) is 8.35. The first-order valence-corrected chi connectivity index (χ1v) is 13.6. The Bertz CT molecular complexity index is 918. The van der Waals surface area contributed by atoms with Crippen LogP contribution < -0.4 is 0 Å². The lowest BCUT2D eigenvalue weighted by Gasteiger charge is -2.43. The highest BCUT2D eigenvalue weighted by molar-refractivity contribution is 5.87. The van der Waals surface area contributed by atoms with Crippen LogP contribution in [0.25, 0.3) is 0 Å². The van der Waals surface area contributed by atoms with E-state index in [-0.39, 0.29) is 17.7 Å². The van der Waals surface area contributed by atoms with Crippen molar-refractivity contribution in [3.05, 3.63) is 71.8 Å². The van der Waals surface area contributed by atoms with Gasteiger partial charge in [-0.3, -0.25) is 9.59 Å². The maximum Gasteiger partial charge on any atom is 0.234 e. The van der Waals surface area contributed by atoms with Crippen LogP contribution in [-0.2, 0) is 9.59 Å². The fraction of sp³-hybridized carbons (Fsp3) is 0.533. The van der Waals surface area contributed by atoms with Gasteiger partial charge in [0.2, 0.25) is 11.8 Å². The molecule has 3 aliphatic heterocycles. The van der Waals surface area contributed by atoms with Gasteiger partial charge in [0.25, 0.3) is 0 Å². The zero-order valence-corrected chi connectivity index (χ0v) is 20.9. The van der Waals surface area contributed by atoms with Crippen molar-refractivity contribution in [3.8, 4) is 0 Å². The molecule has 0 aliphatic carbocycles. The fourth-order valence-corrected chi connectivity index (χ4v) is 6.29. The Kier molecular flexibility index (Phi) is 7.82. The van der Waals surface area contributed by atoms with Crippen LogP contribution in [0.5, 0.6) is 0 Å². The van der Waals surface area contributed by atoms with E-state index >= 15 is 0 Å². The lowest BCUT2D eigenvalue weighted by Crippen LogP contribution is -2.51. The number of likely N-dealkylation sites (tertiary alicyclic amines) is 3. The van der Waals surface area contributed by atoms with Crippen molar-refractivity contribution >= 4 is 11.8 Å². The molecule has 0 unspecified atom stereocenters. The summed E-state index contributed by atoms with van der Waals surface area (Å²) in [4.78, 5) is 33.4. The second-order valence-corrected chi connectivity index (χ2v) is 10.5. The SMILES string of the molecule is O=C(C1CCN(C2CCN(C(=O)C(c3ccccc3)c3ccccc3)CC2)CC1)N1CCCCC1. The normalized spacial score (nSPS) is 20.8. The lowest BCUT2D eigenvalue weighted by molar-refractivity contribution is -0.139. The predicted octanol–water partition coefficient (Wildman–Crippen LogP) is 4.53. The summed E-state index contributed by atoms with van der Waals surface area (Å²) in [7, 11) is 0. The smallest absolute Gasteiger partial charge is 0.234 e. The van der Waals surface area contributed by atoms with Gasteiger partial charge in [0.05, 0.1) is 5.92 Å². The molecule has 2 aromatic carbocycles. The number of hydrogen-bond donors (Lipinski definition) is 0. The van der Waals surface area contributed by atoms with Gasteiger partial charge in [0.15, 0.2) is 0 Å². The molecule has 0 atom stereocenters. The Hall–Kier alpha value is -2.66. The van der Waals surface area contributed by atoms with Gasteiger partial charge in [0, 0.05) is 38.1 Å². The minimum absolute atomic E-state index is 0.212. The van der Waals surface area contributed by atoms with Gasteiger partial charge in [-0.15, -0.1) is 0 Å². The molecule has 3 fully saturated rings. The molecule has 2 aromatic rings.